The molecule has 1 nitrogen and oxygen atoms in total. The molecule has 4 saturated carbocycles. The fourth-order valence-electron chi connectivity index (χ4n) is 7.98. The van der Waals surface area contributed by atoms with E-state index in [1.807, 2.05) is 0 Å². The maximum Gasteiger partial charge on any atom is 0.0692 e. The van der Waals surface area contributed by atoms with E-state index in [4.69, 9.17) is 0 Å². The summed E-state index contributed by atoms with van der Waals surface area (Å²) in [5, 5.41) is 10.1. The molecule has 0 N–H and O–H groups in total. The van der Waals surface area contributed by atoms with Crippen LogP contribution >= 0.6 is 0 Å². The van der Waals surface area contributed by atoms with Gasteiger partial charge in [0.05, 0.1) is 11.5 Å². The van der Waals surface area contributed by atoms with Crippen molar-refractivity contribution < 1.29 is 0 Å². The molecular weight excluding hydrogens is 350 g/mol. The van der Waals surface area contributed by atoms with Gasteiger partial charge in [-0.15, -0.1) is 0 Å². The Labute approximate surface area is 181 Å². The Morgan fingerprint density at radius 1 is 0.621 bits per heavy atom. The molecule has 1 heteroatoms. The summed E-state index contributed by atoms with van der Waals surface area (Å²) in [6, 6.07) is 2.88. The van der Waals surface area contributed by atoms with E-state index in [2.05, 4.69) is 19.9 Å². The Hall–Kier alpha value is -0.510. The smallest absolute Gasteiger partial charge is 0.0692 e. The predicted molar refractivity (Wildman–Crippen MR) is 122 cm³/mol. The van der Waals surface area contributed by atoms with Crippen molar-refractivity contribution in [3.05, 3.63) is 0 Å². The first-order valence-electron chi connectivity index (χ1n) is 13.5. The highest BCUT2D eigenvalue weighted by Gasteiger charge is 2.44. The minimum absolute atomic E-state index is 0.0476. The first-order chi connectivity index (χ1) is 14.1. The van der Waals surface area contributed by atoms with Crippen LogP contribution in [0, 0.1) is 58.2 Å². The average molecular weight is 398 g/mol. The van der Waals surface area contributed by atoms with Crippen LogP contribution in [0.1, 0.15) is 123 Å². The molecule has 0 aromatic carbocycles. The van der Waals surface area contributed by atoms with Gasteiger partial charge in [-0.1, -0.05) is 65.2 Å². The Kier molecular flexibility index (Phi) is 7.30. The molecule has 0 bridgehead atoms. The number of nitrogens with zero attached hydrogens (tertiary/aromatic N) is 1. The van der Waals surface area contributed by atoms with Crippen molar-refractivity contribution in [1.82, 2.24) is 0 Å². The number of hydrogen-bond donors (Lipinski definition) is 0. The van der Waals surface area contributed by atoms with E-state index in [1.165, 1.54) is 103 Å². The Balaban J connectivity index is 1.21. The highest BCUT2D eigenvalue weighted by atomic mass is 14.5. The third-order valence-electron chi connectivity index (χ3n) is 10.3. The molecule has 164 valence electrons. The van der Waals surface area contributed by atoms with Gasteiger partial charge in [-0.05, 0) is 99.2 Å². The number of rotatable bonds is 4. The molecule has 29 heavy (non-hydrogen) atoms. The van der Waals surface area contributed by atoms with Crippen LogP contribution in [0.25, 0.3) is 0 Å². The van der Waals surface area contributed by atoms with Gasteiger partial charge in [0.15, 0.2) is 0 Å². The zero-order valence-corrected chi connectivity index (χ0v) is 19.5. The van der Waals surface area contributed by atoms with E-state index in [1.54, 1.807) is 6.42 Å². The van der Waals surface area contributed by atoms with Crippen LogP contribution in [0.3, 0.4) is 0 Å². The molecule has 0 heterocycles. The van der Waals surface area contributed by atoms with E-state index < -0.39 is 0 Å². The molecule has 0 atom stereocenters. The molecule has 0 spiro atoms. The molecule has 0 amide bonds. The lowest BCUT2D eigenvalue weighted by atomic mass is 9.58. The van der Waals surface area contributed by atoms with Gasteiger partial charge in [0.25, 0.3) is 0 Å². The van der Waals surface area contributed by atoms with Gasteiger partial charge in [0.2, 0.25) is 0 Å². The van der Waals surface area contributed by atoms with Crippen molar-refractivity contribution in [3.63, 3.8) is 0 Å². The van der Waals surface area contributed by atoms with Crippen molar-refractivity contribution in [2.75, 3.05) is 0 Å². The molecule has 4 rings (SSSR count). The van der Waals surface area contributed by atoms with Crippen molar-refractivity contribution in [1.29, 1.82) is 5.26 Å². The lowest BCUT2D eigenvalue weighted by Crippen LogP contribution is -2.37. The standard InChI is InChI=1S/C28H47N/c1-21-3-7-23(8-4-21)19-24-9-11-25(12-10-24)26-15-17-28(20-29,18-16-26)27-13-5-22(2)6-14-27/h21-27H,3-19H2,1-2H3. The summed E-state index contributed by atoms with van der Waals surface area (Å²) in [5.74, 6) is 6.61. The van der Waals surface area contributed by atoms with Crippen molar-refractivity contribution >= 4 is 0 Å². The largest absolute Gasteiger partial charge is 0.198 e. The predicted octanol–water partition coefficient (Wildman–Crippen LogP) is 8.54. The lowest BCUT2D eigenvalue weighted by Gasteiger charge is -2.45. The molecule has 0 aromatic heterocycles. The molecule has 0 unspecified atom stereocenters. The van der Waals surface area contributed by atoms with Gasteiger partial charge >= 0.3 is 0 Å². The monoisotopic (exact) mass is 397 g/mol. The van der Waals surface area contributed by atoms with Gasteiger partial charge in [-0.25, -0.2) is 0 Å². The zero-order chi connectivity index (χ0) is 20.3. The molecule has 0 saturated heterocycles. The van der Waals surface area contributed by atoms with Crippen molar-refractivity contribution in [2.45, 2.75) is 123 Å². The highest BCUT2D eigenvalue weighted by molar-refractivity contribution is 5.06. The first kappa shape index (κ1) is 21.7. The fourth-order valence-corrected chi connectivity index (χ4v) is 7.98. The summed E-state index contributed by atoms with van der Waals surface area (Å²) in [7, 11) is 0. The summed E-state index contributed by atoms with van der Waals surface area (Å²) in [6.45, 7) is 4.85. The van der Waals surface area contributed by atoms with E-state index in [-0.39, 0.29) is 5.41 Å². The van der Waals surface area contributed by atoms with Gasteiger partial charge in [0.1, 0.15) is 0 Å². The summed E-state index contributed by atoms with van der Waals surface area (Å²) in [4.78, 5) is 0. The SMILES string of the molecule is CC1CCC(CC2CCC(C3CCC(C#N)(C4CCC(C)CC4)CC3)CC2)CC1. The minimum atomic E-state index is 0.0476. The minimum Gasteiger partial charge on any atom is -0.198 e. The fraction of sp³-hybridized carbons (Fsp3) is 0.964. The number of hydrogen-bond acceptors (Lipinski definition) is 1. The van der Waals surface area contributed by atoms with Gasteiger partial charge in [-0.2, -0.15) is 5.26 Å². The zero-order valence-electron chi connectivity index (χ0n) is 19.5. The van der Waals surface area contributed by atoms with Gasteiger partial charge < -0.3 is 0 Å². The van der Waals surface area contributed by atoms with E-state index in [9.17, 15) is 5.26 Å². The third kappa shape index (κ3) is 5.22. The molecule has 0 aliphatic heterocycles. The molecule has 0 radical (unpaired) electrons. The van der Waals surface area contributed by atoms with Crippen LogP contribution in [0.15, 0.2) is 0 Å². The second kappa shape index (κ2) is 9.75. The summed E-state index contributed by atoms with van der Waals surface area (Å²) in [5.41, 5.74) is 0.0476. The topological polar surface area (TPSA) is 23.8 Å². The normalized spacial score (nSPS) is 46.7. The second-order valence-electron chi connectivity index (χ2n) is 12.2. The van der Waals surface area contributed by atoms with E-state index in [0.717, 1.165) is 35.5 Å². The van der Waals surface area contributed by atoms with E-state index >= 15 is 0 Å². The molecule has 0 aromatic rings. The molecule has 4 aliphatic carbocycles. The maximum absolute atomic E-state index is 10.1. The van der Waals surface area contributed by atoms with Crippen LogP contribution in [-0.2, 0) is 0 Å². The Bertz CT molecular complexity index is 527. The third-order valence-corrected chi connectivity index (χ3v) is 10.3. The Morgan fingerprint density at radius 3 is 1.59 bits per heavy atom. The summed E-state index contributed by atoms with van der Waals surface area (Å²) in [6.07, 6.45) is 24.1. The lowest BCUT2D eigenvalue weighted by molar-refractivity contribution is 0.0611. The summed E-state index contributed by atoms with van der Waals surface area (Å²) < 4.78 is 0. The van der Waals surface area contributed by atoms with Crippen LogP contribution < -0.4 is 0 Å². The average Bonchev–Trinajstić information content (AvgIpc) is 2.76. The Morgan fingerprint density at radius 2 is 1.07 bits per heavy atom. The summed E-state index contributed by atoms with van der Waals surface area (Å²) >= 11 is 0. The van der Waals surface area contributed by atoms with Crippen LogP contribution in [0.5, 0.6) is 0 Å². The number of nitriles is 1. The van der Waals surface area contributed by atoms with E-state index in [0.29, 0.717) is 5.92 Å². The van der Waals surface area contributed by atoms with Gasteiger partial charge in [0, 0.05) is 0 Å². The van der Waals surface area contributed by atoms with Crippen molar-refractivity contribution in [3.8, 4) is 6.07 Å². The van der Waals surface area contributed by atoms with Crippen LogP contribution in [0.2, 0.25) is 0 Å². The van der Waals surface area contributed by atoms with Crippen LogP contribution in [-0.4, -0.2) is 0 Å². The maximum atomic E-state index is 10.1. The first-order valence-corrected chi connectivity index (χ1v) is 13.5. The quantitative estimate of drug-likeness (QED) is 0.466. The molecule has 4 aliphatic rings. The molecular formula is C28H47N. The highest BCUT2D eigenvalue weighted by Crippen LogP contribution is 2.52. The van der Waals surface area contributed by atoms with Gasteiger partial charge in [-0.3, -0.25) is 0 Å². The molecule has 4 fully saturated rings. The second-order valence-corrected chi connectivity index (χ2v) is 12.2. The van der Waals surface area contributed by atoms with Crippen molar-refractivity contribution in [2.24, 2.45) is 46.8 Å². The van der Waals surface area contributed by atoms with Crippen LogP contribution in [0.4, 0.5) is 0 Å².